The number of hydrogen-bond acceptors (Lipinski definition) is 11. The molecule has 19 heteroatoms. The molecule has 2 aromatic heterocycles. The van der Waals surface area contributed by atoms with E-state index in [0.717, 1.165) is 7.11 Å². The number of sulfone groups is 1. The minimum Gasteiger partial charge on any atom is -0.481 e. The molecule has 1 aromatic carbocycles. The van der Waals surface area contributed by atoms with Crippen LogP contribution < -0.4 is 15.4 Å². The molecule has 0 radical (unpaired) electrons. The van der Waals surface area contributed by atoms with Gasteiger partial charge < -0.3 is 19.9 Å². The van der Waals surface area contributed by atoms with Gasteiger partial charge in [0, 0.05) is 24.7 Å². The molecule has 53 heavy (non-hydrogen) atoms. The summed E-state index contributed by atoms with van der Waals surface area (Å²) in [6, 6.07) is 2.70. The molecule has 3 unspecified atom stereocenters. The molecule has 3 aromatic rings. The van der Waals surface area contributed by atoms with Crippen LogP contribution in [-0.4, -0.2) is 79.8 Å². The third-order valence-corrected chi connectivity index (χ3v) is 10.4. The largest absolute Gasteiger partial charge is 0.481 e. The second kappa shape index (κ2) is 16.7. The highest BCUT2D eigenvalue weighted by molar-refractivity contribution is 7.91. The molecule has 12 nitrogen and oxygen atoms in total. The summed E-state index contributed by atoms with van der Waals surface area (Å²) >= 11 is 0. The normalized spacial score (nSPS) is 17.6. The molecule has 2 N–H and O–H groups in total. The van der Waals surface area contributed by atoms with Gasteiger partial charge in [-0.2, -0.15) is 26.3 Å². The van der Waals surface area contributed by atoms with Crippen LogP contribution in [0.5, 0.6) is 5.88 Å². The average Bonchev–Trinajstić information content (AvgIpc) is 3.09. The number of aromatic nitrogens is 3. The number of amides is 1. The van der Waals surface area contributed by atoms with Crippen molar-refractivity contribution in [3.63, 3.8) is 0 Å². The van der Waals surface area contributed by atoms with Gasteiger partial charge in [0.05, 0.1) is 78.9 Å². The highest BCUT2D eigenvalue weighted by Gasteiger charge is 2.45. The molecule has 1 aliphatic heterocycles. The summed E-state index contributed by atoms with van der Waals surface area (Å²) in [6.45, 7) is 3.49. The van der Waals surface area contributed by atoms with E-state index in [9.17, 15) is 44.3 Å². The number of halogens is 6. The number of nitrogens with zero attached hydrogens (tertiary/aromatic N) is 4. The summed E-state index contributed by atoms with van der Waals surface area (Å²) in [5, 5.41) is 0. The van der Waals surface area contributed by atoms with Crippen molar-refractivity contribution in [2.24, 2.45) is 5.73 Å². The molecular weight excluding hydrogens is 736 g/mol. The lowest BCUT2D eigenvalue weighted by Crippen LogP contribution is -2.57. The van der Waals surface area contributed by atoms with Crippen molar-refractivity contribution in [2.45, 2.75) is 76.3 Å². The fraction of sp³-hybridized carbons (Fsp3) is 0.500. The summed E-state index contributed by atoms with van der Waals surface area (Å²) < 4.78 is 123. The zero-order valence-corrected chi connectivity index (χ0v) is 30.1. The minimum atomic E-state index is -5.10. The van der Waals surface area contributed by atoms with E-state index in [-0.39, 0.29) is 71.9 Å². The van der Waals surface area contributed by atoms with Crippen LogP contribution in [0.2, 0.25) is 0 Å². The van der Waals surface area contributed by atoms with Gasteiger partial charge in [0.1, 0.15) is 5.82 Å². The van der Waals surface area contributed by atoms with Crippen molar-refractivity contribution < 1.29 is 58.6 Å². The SMILES string of the molecule is CCOC(=O)N1c2ccc(OC)nc2C(c2ncc(CCCS(=O)(=O)CCC(=O)OC)c(Cc3cc(C(F)(F)F)cc(C(F)(F)F)c3)n2)C(N)C1CC. The summed E-state index contributed by atoms with van der Waals surface area (Å²) in [5.74, 6) is -2.38. The lowest BCUT2D eigenvalue weighted by Gasteiger charge is -2.43. The predicted molar refractivity (Wildman–Crippen MR) is 179 cm³/mol. The first-order valence-corrected chi connectivity index (χ1v) is 18.3. The number of nitrogens with two attached hydrogens (primary N) is 1. The number of fused-ring (bicyclic) bond motifs is 1. The molecular formula is C34H39F6N5O7S. The summed E-state index contributed by atoms with van der Waals surface area (Å²) in [4.78, 5) is 39.7. The zero-order chi connectivity index (χ0) is 39.3. The van der Waals surface area contributed by atoms with Crippen LogP contribution >= 0.6 is 0 Å². The van der Waals surface area contributed by atoms with E-state index in [2.05, 4.69) is 19.7 Å². The van der Waals surface area contributed by atoms with Gasteiger partial charge in [0.25, 0.3) is 0 Å². The first-order valence-electron chi connectivity index (χ1n) is 16.5. The highest BCUT2D eigenvalue weighted by atomic mass is 32.2. The first kappa shape index (κ1) is 41.2. The van der Waals surface area contributed by atoms with Gasteiger partial charge in [-0.25, -0.2) is 28.2 Å². The second-order valence-corrected chi connectivity index (χ2v) is 14.5. The van der Waals surface area contributed by atoms with Gasteiger partial charge in [-0.3, -0.25) is 9.69 Å². The van der Waals surface area contributed by atoms with E-state index < -0.39 is 75.6 Å². The van der Waals surface area contributed by atoms with Crippen LogP contribution in [0, 0.1) is 0 Å². The van der Waals surface area contributed by atoms with Crippen molar-refractivity contribution in [3.05, 3.63) is 76.0 Å². The standard InChI is InChI=1S/C34H39F6N5O7S/c1-5-24-29(41)28(30-25(9-10-26(44-30)50-3)45(24)32(47)52-6-2)31-42-18-20(8-7-12-53(48,49)13-11-27(46)51-4)23(43-31)16-19-14-21(33(35,36)37)17-22(15-19)34(38,39)40/h9-10,14-15,17-18,24,28-29H,5-8,11-13,16,41H2,1-4H3. The molecule has 0 bridgehead atoms. The first-order chi connectivity index (χ1) is 24.8. The molecule has 3 heterocycles. The number of methoxy groups -OCH3 is 2. The maximum absolute atomic E-state index is 13.8. The Morgan fingerprint density at radius 1 is 0.962 bits per heavy atom. The molecule has 0 fully saturated rings. The number of anilines is 1. The van der Waals surface area contributed by atoms with Crippen LogP contribution in [0.4, 0.5) is 36.8 Å². The number of alkyl halides is 6. The van der Waals surface area contributed by atoms with Crippen molar-refractivity contribution in [1.29, 1.82) is 0 Å². The Labute approximate surface area is 302 Å². The molecule has 1 amide bonds. The van der Waals surface area contributed by atoms with E-state index >= 15 is 0 Å². The van der Waals surface area contributed by atoms with Crippen molar-refractivity contribution in [1.82, 2.24) is 15.0 Å². The quantitative estimate of drug-likeness (QED) is 0.169. The molecule has 3 atom stereocenters. The Morgan fingerprint density at radius 3 is 2.19 bits per heavy atom. The van der Waals surface area contributed by atoms with Crippen LogP contribution in [0.1, 0.15) is 78.5 Å². The number of aryl methyl sites for hydroxylation is 1. The van der Waals surface area contributed by atoms with Crippen molar-refractivity contribution in [3.8, 4) is 5.88 Å². The van der Waals surface area contributed by atoms with Gasteiger partial charge in [0.15, 0.2) is 9.84 Å². The van der Waals surface area contributed by atoms with E-state index in [4.69, 9.17) is 15.2 Å². The Hall–Kier alpha value is -4.52. The van der Waals surface area contributed by atoms with E-state index in [1.807, 2.05) is 0 Å². The minimum absolute atomic E-state index is 0.00827. The smallest absolute Gasteiger partial charge is 0.416 e. The number of benzene rings is 1. The lowest BCUT2D eigenvalue weighted by molar-refractivity contribution is -0.143. The molecule has 4 rings (SSSR count). The average molecular weight is 776 g/mol. The molecule has 290 valence electrons. The van der Waals surface area contributed by atoms with Crippen LogP contribution in [-0.2, 0) is 49.3 Å². The van der Waals surface area contributed by atoms with Gasteiger partial charge in [-0.05, 0) is 61.6 Å². The number of carbonyl (C=O) groups excluding carboxylic acids is 2. The number of pyridine rings is 1. The highest BCUT2D eigenvalue weighted by Crippen LogP contribution is 2.42. The Balaban J connectivity index is 1.85. The zero-order valence-electron chi connectivity index (χ0n) is 29.3. The Kier molecular flexibility index (Phi) is 13.0. The van der Waals surface area contributed by atoms with Crippen LogP contribution in [0.25, 0.3) is 0 Å². The molecule has 0 aliphatic carbocycles. The fourth-order valence-electron chi connectivity index (χ4n) is 6.14. The van der Waals surface area contributed by atoms with Crippen molar-refractivity contribution >= 4 is 27.6 Å². The predicted octanol–water partition coefficient (Wildman–Crippen LogP) is 5.63. The van der Waals surface area contributed by atoms with Crippen LogP contribution in [0.15, 0.2) is 36.5 Å². The monoisotopic (exact) mass is 775 g/mol. The topological polar surface area (TPSA) is 164 Å². The number of carbonyl (C=O) groups is 2. The molecule has 0 saturated carbocycles. The van der Waals surface area contributed by atoms with E-state index in [0.29, 0.717) is 24.2 Å². The van der Waals surface area contributed by atoms with Crippen molar-refractivity contribution in [2.75, 3.05) is 37.2 Å². The van der Waals surface area contributed by atoms with Gasteiger partial charge in [0.2, 0.25) is 5.88 Å². The molecule has 0 saturated heterocycles. The van der Waals surface area contributed by atoms with Crippen LogP contribution in [0.3, 0.4) is 0 Å². The summed E-state index contributed by atoms with van der Waals surface area (Å²) in [6.07, 6.45) is -10.2. The maximum atomic E-state index is 13.8. The number of hydrogen-bond donors (Lipinski definition) is 1. The number of rotatable bonds is 13. The fourth-order valence-corrected chi connectivity index (χ4v) is 7.40. The Morgan fingerprint density at radius 2 is 1.62 bits per heavy atom. The molecule has 1 aliphatic rings. The summed E-state index contributed by atoms with van der Waals surface area (Å²) in [5.41, 5.74) is 4.20. The molecule has 0 spiro atoms. The van der Waals surface area contributed by atoms with Gasteiger partial charge in [-0.1, -0.05) is 6.92 Å². The summed E-state index contributed by atoms with van der Waals surface area (Å²) in [7, 11) is -1.26. The number of ether oxygens (including phenoxy) is 3. The van der Waals surface area contributed by atoms with Gasteiger partial charge in [-0.15, -0.1) is 0 Å². The lowest BCUT2D eigenvalue weighted by atomic mass is 9.82. The van der Waals surface area contributed by atoms with Gasteiger partial charge >= 0.3 is 24.4 Å². The Bertz CT molecular complexity index is 1880. The maximum Gasteiger partial charge on any atom is 0.416 e. The van der Waals surface area contributed by atoms with E-state index in [1.165, 1.54) is 24.3 Å². The third kappa shape index (κ3) is 9.92. The van der Waals surface area contributed by atoms with E-state index in [1.54, 1.807) is 19.9 Å². The number of esters is 1. The third-order valence-electron chi connectivity index (χ3n) is 8.70. The second-order valence-electron chi connectivity index (χ2n) is 12.2.